The van der Waals surface area contributed by atoms with Crippen LogP contribution in [0.5, 0.6) is 0 Å². The molecular formula is C30H26F2N6O2. The number of H-pyrrole nitrogens is 1. The van der Waals surface area contributed by atoms with Crippen LogP contribution in [0.15, 0.2) is 60.8 Å². The molecule has 40 heavy (non-hydrogen) atoms. The third-order valence-electron chi connectivity index (χ3n) is 6.34. The first-order valence-electron chi connectivity index (χ1n) is 12.6. The highest BCUT2D eigenvalue weighted by Crippen LogP contribution is 2.34. The molecule has 2 aromatic heterocycles. The lowest BCUT2D eigenvalue weighted by Gasteiger charge is -2.10. The van der Waals surface area contributed by atoms with Gasteiger partial charge in [0.25, 0.3) is 11.8 Å². The van der Waals surface area contributed by atoms with Crippen LogP contribution >= 0.6 is 0 Å². The van der Waals surface area contributed by atoms with Crippen LogP contribution in [0.1, 0.15) is 44.3 Å². The van der Waals surface area contributed by atoms with Gasteiger partial charge >= 0.3 is 0 Å². The Labute approximate surface area is 229 Å². The maximum atomic E-state index is 13.4. The van der Waals surface area contributed by atoms with E-state index in [-0.39, 0.29) is 12.5 Å². The lowest BCUT2D eigenvalue weighted by atomic mass is 10.0. The molecule has 0 bridgehead atoms. The first kappa shape index (κ1) is 26.5. The fourth-order valence-electron chi connectivity index (χ4n) is 4.37. The summed E-state index contributed by atoms with van der Waals surface area (Å²) in [7, 11) is 0. The summed E-state index contributed by atoms with van der Waals surface area (Å²) >= 11 is 0. The number of nitrogens with one attached hydrogen (secondary N) is 4. The number of aromatic amines is 1. The maximum Gasteiger partial charge on any atom is 0.256 e. The fraction of sp³-hybridized carbons (Fsp3) is 0.133. The van der Waals surface area contributed by atoms with Crippen LogP contribution in [0, 0.1) is 25.5 Å². The van der Waals surface area contributed by atoms with E-state index in [0.717, 1.165) is 46.2 Å². The summed E-state index contributed by atoms with van der Waals surface area (Å²) in [5.41, 5.74) is 5.38. The van der Waals surface area contributed by atoms with Crippen LogP contribution in [0.25, 0.3) is 17.7 Å². The molecule has 0 unspecified atom stereocenters. The van der Waals surface area contributed by atoms with Gasteiger partial charge in [-0.15, -0.1) is 0 Å². The molecule has 4 N–H and O–H groups in total. The predicted octanol–water partition coefficient (Wildman–Crippen LogP) is 5.25. The lowest BCUT2D eigenvalue weighted by Crippen LogP contribution is -2.24. The molecule has 1 aliphatic heterocycles. The van der Waals surface area contributed by atoms with Gasteiger partial charge in [0.2, 0.25) is 0 Å². The number of amides is 2. The molecule has 1 aliphatic rings. The zero-order valence-corrected chi connectivity index (χ0v) is 21.8. The molecule has 8 nitrogen and oxygen atoms in total. The molecule has 2 amide bonds. The van der Waals surface area contributed by atoms with E-state index in [1.54, 1.807) is 24.4 Å². The van der Waals surface area contributed by atoms with E-state index in [4.69, 9.17) is 0 Å². The molecule has 0 atom stereocenters. The van der Waals surface area contributed by atoms with Gasteiger partial charge in [0.05, 0.1) is 16.8 Å². The number of fused-ring (bicyclic) bond motifs is 1. The zero-order valence-electron chi connectivity index (χ0n) is 21.8. The molecule has 0 spiro atoms. The number of aromatic nitrogens is 3. The first-order chi connectivity index (χ1) is 19.3. The second-order valence-corrected chi connectivity index (χ2v) is 9.26. The van der Waals surface area contributed by atoms with Gasteiger partial charge < -0.3 is 20.9 Å². The third-order valence-corrected chi connectivity index (χ3v) is 6.34. The van der Waals surface area contributed by atoms with Crippen LogP contribution in [-0.4, -0.2) is 33.3 Å². The van der Waals surface area contributed by atoms with Crippen molar-refractivity contribution in [2.75, 3.05) is 17.2 Å². The number of rotatable bonds is 8. The quantitative estimate of drug-likeness (QED) is 0.228. The Balaban J connectivity index is 1.21. The number of halogens is 2. The summed E-state index contributed by atoms with van der Waals surface area (Å²) in [6, 6.07) is 12.5. The molecule has 0 aliphatic carbocycles. The van der Waals surface area contributed by atoms with Gasteiger partial charge in [-0.05, 0) is 61.4 Å². The summed E-state index contributed by atoms with van der Waals surface area (Å²) in [6.07, 6.45) is 7.13. The molecule has 0 saturated heterocycles. The summed E-state index contributed by atoms with van der Waals surface area (Å²) in [4.78, 5) is 37.2. The molecule has 0 radical (unpaired) electrons. The van der Waals surface area contributed by atoms with Crippen LogP contribution < -0.4 is 16.0 Å². The minimum atomic E-state index is -0.968. The molecule has 2 aromatic carbocycles. The van der Waals surface area contributed by atoms with Gasteiger partial charge in [-0.1, -0.05) is 30.4 Å². The van der Waals surface area contributed by atoms with Crippen LogP contribution in [0.3, 0.4) is 0 Å². The van der Waals surface area contributed by atoms with Gasteiger partial charge in [0.15, 0.2) is 11.6 Å². The third kappa shape index (κ3) is 5.80. The van der Waals surface area contributed by atoms with Crippen molar-refractivity contribution in [2.45, 2.75) is 20.4 Å². The number of pyridine rings is 1. The maximum absolute atomic E-state index is 13.4. The van der Waals surface area contributed by atoms with E-state index in [2.05, 4.69) is 30.9 Å². The predicted molar refractivity (Wildman–Crippen MR) is 150 cm³/mol. The van der Waals surface area contributed by atoms with Crippen LogP contribution in [0.2, 0.25) is 0 Å². The number of benzene rings is 2. The fourth-order valence-corrected chi connectivity index (χ4v) is 4.37. The van der Waals surface area contributed by atoms with E-state index < -0.39 is 17.5 Å². The summed E-state index contributed by atoms with van der Waals surface area (Å²) < 4.78 is 26.6. The molecule has 5 rings (SSSR count). The van der Waals surface area contributed by atoms with Gasteiger partial charge in [-0.2, -0.15) is 0 Å². The Hall–Kier alpha value is -5.12. The van der Waals surface area contributed by atoms with Crippen LogP contribution in [0.4, 0.5) is 20.3 Å². The van der Waals surface area contributed by atoms with E-state index in [1.807, 2.05) is 44.2 Å². The first-order valence-corrected chi connectivity index (χ1v) is 12.6. The van der Waals surface area contributed by atoms with E-state index in [0.29, 0.717) is 29.1 Å². The van der Waals surface area contributed by atoms with Crippen molar-refractivity contribution in [2.24, 2.45) is 0 Å². The smallest absolute Gasteiger partial charge is 0.256 e. The lowest BCUT2D eigenvalue weighted by molar-refractivity contribution is -0.110. The molecule has 4 aromatic rings. The summed E-state index contributed by atoms with van der Waals surface area (Å²) in [5, 5.41) is 8.73. The van der Waals surface area contributed by atoms with Gasteiger partial charge in [0, 0.05) is 36.2 Å². The molecule has 3 heterocycles. The molecule has 202 valence electrons. The van der Waals surface area contributed by atoms with Crippen LogP contribution in [-0.2, 0) is 11.3 Å². The summed E-state index contributed by atoms with van der Waals surface area (Å²) in [6.45, 7) is 4.20. The van der Waals surface area contributed by atoms with Crippen molar-refractivity contribution in [1.29, 1.82) is 0 Å². The number of imidazole rings is 1. The number of aryl methyl sites for hydroxylation is 2. The number of carbonyl (C=O) groups is 2. The number of nitrogens with zero attached hydrogens (tertiary/aromatic N) is 2. The Morgan fingerprint density at radius 3 is 2.70 bits per heavy atom. The molecule has 0 fully saturated rings. The standard InChI is InChI=1S/C30H26F2N6O2/c1-17-26(37-18(2)36-17)15-23-21-9-7-19(14-27(21)38-30(23)40)5-3-11-33-28-22(6-4-12-34-28)29(39)35-16-20-8-10-24(31)25(32)13-20/h3-10,12-15H,11,16H2,1-2H3,(H,33,34)(H,35,39)(H,36,37)(H,38,40)/b5-3+,23-15-. The zero-order chi connectivity index (χ0) is 28.2. The summed E-state index contributed by atoms with van der Waals surface area (Å²) in [5.74, 6) is -1.31. The highest BCUT2D eigenvalue weighted by atomic mass is 19.2. The highest BCUT2D eigenvalue weighted by molar-refractivity contribution is 6.35. The average molecular weight is 541 g/mol. The average Bonchev–Trinajstić information content (AvgIpc) is 3.43. The molecular weight excluding hydrogens is 514 g/mol. The van der Waals surface area contributed by atoms with E-state index >= 15 is 0 Å². The topological polar surface area (TPSA) is 112 Å². The number of anilines is 2. The van der Waals surface area contributed by atoms with Gasteiger partial charge in [0.1, 0.15) is 11.6 Å². The second kappa shape index (κ2) is 11.3. The highest BCUT2D eigenvalue weighted by Gasteiger charge is 2.24. The number of carbonyl (C=O) groups excluding carboxylic acids is 2. The minimum Gasteiger partial charge on any atom is -0.366 e. The van der Waals surface area contributed by atoms with Crippen molar-refractivity contribution in [1.82, 2.24) is 20.3 Å². The van der Waals surface area contributed by atoms with Gasteiger partial charge in [-0.25, -0.2) is 18.7 Å². The van der Waals surface area contributed by atoms with E-state index in [9.17, 15) is 18.4 Å². The Morgan fingerprint density at radius 2 is 1.93 bits per heavy atom. The molecule has 10 heteroatoms. The number of hydrogen-bond acceptors (Lipinski definition) is 5. The Morgan fingerprint density at radius 1 is 1.07 bits per heavy atom. The van der Waals surface area contributed by atoms with Crippen molar-refractivity contribution < 1.29 is 18.4 Å². The van der Waals surface area contributed by atoms with Crippen molar-refractivity contribution in [3.63, 3.8) is 0 Å². The molecule has 0 saturated carbocycles. The van der Waals surface area contributed by atoms with Crippen molar-refractivity contribution in [3.8, 4) is 0 Å². The Bertz CT molecular complexity index is 1670. The van der Waals surface area contributed by atoms with Crippen molar-refractivity contribution >= 4 is 41.0 Å². The normalized spacial score (nSPS) is 13.5. The van der Waals surface area contributed by atoms with E-state index in [1.165, 1.54) is 6.07 Å². The second-order valence-electron chi connectivity index (χ2n) is 9.26. The minimum absolute atomic E-state index is 0.0387. The number of hydrogen-bond donors (Lipinski definition) is 4. The SMILES string of the molecule is Cc1nc(/C=C2\C(=O)Nc3cc(/C=C/CNc4ncccc4C(=O)NCc4ccc(F)c(F)c4)ccc32)c(C)[nH]1. The largest absolute Gasteiger partial charge is 0.366 e. The Kier molecular flexibility index (Phi) is 7.50. The monoisotopic (exact) mass is 540 g/mol. The van der Waals surface area contributed by atoms with Crippen molar-refractivity contribution in [3.05, 3.63) is 112 Å². The van der Waals surface area contributed by atoms with Gasteiger partial charge in [-0.3, -0.25) is 9.59 Å².